The van der Waals surface area contributed by atoms with Gasteiger partial charge in [0.25, 0.3) is 0 Å². The first-order valence-electron chi connectivity index (χ1n) is 11.2. The standard InChI is InChI=1S/C24H26N4O3S2/c29-23(17-32-24-25-16-21(26-24)18-7-3-1-4-8-18)28-14-11-19-15-20(9-10-22(19)28)33(30,31)27-12-5-2-6-13-27/h1,3-4,7-10,15-16H,2,5-6,11-14,17H2,(H,25,26). The van der Waals surface area contributed by atoms with Crippen LogP contribution in [0.1, 0.15) is 24.8 Å². The maximum absolute atomic E-state index is 13.0. The smallest absolute Gasteiger partial charge is 0.243 e. The maximum atomic E-state index is 13.0. The number of rotatable bonds is 6. The number of H-pyrrole nitrogens is 1. The number of thioether (sulfide) groups is 1. The molecule has 1 amide bonds. The Morgan fingerprint density at radius 3 is 2.61 bits per heavy atom. The Bertz CT molecular complexity index is 1250. The number of hydrogen-bond donors (Lipinski definition) is 1. The molecule has 1 fully saturated rings. The first kappa shape index (κ1) is 22.2. The van der Waals surface area contributed by atoms with Crippen molar-refractivity contribution in [1.29, 1.82) is 0 Å². The summed E-state index contributed by atoms with van der Waals surface area (Å²) in [4.78, 5) is 22.6. The largest absolute Gasteiger partial charge is 0.333 e. The van der Waals surface area contributed by atoms with Crippen molar-refractivity contribution in [2.24, 2.45) is 0 Å². The first-order chi connectivity index (χ1) is 16.0. The predicted molar refractivity (Wildman–Crippen MR) is 130 cm³/mol. The topological polar surface area (TPSA) is 86.4 Å². The summed E-state index contributed by atoms with van der Waals surface area (Å²) >= 11 is 1.37. The number of carbonyl (C=O) groups excluding carboxylic acids is 1. The van der Waals surface area contributed by atoms with E-state index in [1.807, 2.05) is 30.3 Å². The van der Waals surface area contributed by atoms with Gasteiger partial charge in [0.15, 0.2) is 5.16 Å². The van der Waals surface area contributed by atoms with Gasteiger partial charge in [-0.3, -0.25) is 4.79 Å². The highest BCUT2D eigenvalue weighted by atomic mass is 32.2. The second-order valence-electron chi connectivity index (χ2n) is 8.31. The summed E-state index contributed by atoms with van der Waals surface area (Å²) in [7, 11) is -3.47. The van der Waals surface area contributed by atoms with Crippen LogP contribution < -0.4 is 4.90 Å². The molecule has 33 heavy (non-hydrogen) atoms. The van der Waals surface area contributed by atoms with Crippen molar-refractivity contribution in [1.82, 2.24) is 14.3 Å². The molecule has 1 aromatic heterocycles. The monoisotopic (exact) mass is 482 g/mol. The molecule has 0 aliphatic carbocycles. The maximum Gasteiger partial charge on any atom is 0.243 e. The highest BCUT2D eigenvalue weighted by Gasteiger charge is 2.30. The zero-order valence-electron chi connectivity index (χ0n) is 18.2. The van der Waals surface area contributed by atoms with E-state index in [4.69, 9.17) is 0 Å². The molecular weight excluding hydrogens is 456 g/mol. The van der Waals surface area contributed by atoms with E-state index in [2.05, 4.69) is 9.97 Å². The molecule has 0 saturated carbocycles. The van der Waals surface area contributed by atoms with E-state index in [-0.39, 0.29) is 11.7 Å². The third-order valence-corrected chi connectivity index (χ3v) is 8.94. The second kappa shape index (κ2) is 9.32. The number of sulfonamides is 1. The van der Waals surface area contributed by atoms with Crippen molar-refractivity contribution in [2.45, 2.75) is 35.7 Å². The molecule has 3 heterocycles. The van der Waals surface area contributed by atoms with Crippen LogP contribution in [0.2, 0.25) is 0 Å². The number of nitrogens with zero attached hydrogens (tertiary/aromatic N) is 3. The molecule has 2 aliphatic heterocycles. The predicted octanol–water partition coefficient (Wildman–Crippen LogP) is 3.93. The van der Waals surface area contributed by atoms with Crippen LogP contribution in [0.3, 0.4) is 0 Å². The van der Waals surface area contributed by atoms with Gasteiger partial charge in [-0.15, -0.1) is 0 Å². The lowest BCUT2D eigenvalue weighted by molar-refractivity contribution is -0.116. The van der Waals surface area contributed by atoms with Crippen LogP contribution in [0.15, 0.2) is 64.8 Å². The van der Waals surface area contributed by atoms with Gasteiger partial charge in [-0.1, -0.05) is 48.5 Å². The average Bonchev–Trinajstić information content (AvgIpc) is 3.51. The molecule has 7 nitrogen and oxygen atoms in total. The molecule has 9 heteroatoms. The zero-order valence-corrected chi connectivity index (χ0v) is 19.9. The van der Waals surface area contributed by atoms with Crippen LogP contribution in [-0.4, -0.2) is 54.0 Å². The van der Waals surface area contributed by atoms with Crippen LogP contribution in [0, 0.1) is 0 Å². The summed E-state index contributed by atoms with van der Waals surface area (Å²) in [6.07, 6.45) is 5.34. The highest BCUT2D eigenvalue weighted by Crippen LogP contribution is 2.32. The molecule has 1 N–H and O–H groups in total. The molecule has 0 unspecified atom stereocenters. The van der Waals surface area contributed by atoms with Crippen molar-refractivity contribution >= 4 is 33.4 Å². The normalized spacial score (nSPS) is 16.7. The number of carbonyl (C=O) groups is 1. The van der Waals surface area contributed by atoms with E-state index < -0.39 is 10.0 Å². The molecule has 5 rings (SSSR count). The Labute approximate surface area is 198 Å². The molecular formula is C24H26N4O3S2. The number of piperidine rings is 1. The molecule has 3 aromatic rings. The molecule has 0 radical (unpaired) electrons. The molecule has 2 aliphatic rings. The van der Waals surface area contributed by atoms with E-state index in [1.54, 1.807) is 33.6 Å². The lowest BCUT2D eigenvalue weighted by atomic mass is 10.2. The number of amides is 1. The van der Waals surface area contributed by atoms with E-state index in [0.29, 0.717) is 36.1 Å². The van der Waals surface area contributed by atoms with Crippen molar-refractivity contribution in [3.05, 3.63) is 60.3 Å². The lowest BCUT2D eigenvalue weighted by Gasteiger charge is -2.26. The zero-order chi connectivity index (χ0) is 22.8. The summed E-state index contributed by atoms with van der Waals surface area (Å²) in [5.74, 6) is 0.248. The second-order valence-corrected chi connectivity index (χ2v) is 11.2. The highest BCUT2D eigenvalue weighted by molar-refractivity contribution is 7.99. The minimum absolute atomic E-state index is 0.0111. The summed E-state index contributed by atoms with van der Waals surface area (Å²) in [6, 6.07) is 15.1. The minimum atomic E-state index is -3.47. The fourth-order valence-electron chi connectivity index (χ4n) is 4.40. The van der Waals surface area contributed by atoms with Gasteiger partial charge in [-0.2, -0.15) is 4.31 Å². The Hall–Kier alpha value is -2.62. The van der Waals surface area contributed by atoms with Gasteiger partial charge >= 0.3 is 0 Å². The van der Waals surface area contributed by atoms with Gasteiger partial charge in [0.2, 0.25) is 15.9 Å². The first-order valence-corrected chi connectivity index (χ1v) is 13.6. The number of anilines is 1. The van der Waals surface area contributed by atoms with Crippen molar-refractivity contribution in [2.75, 3.05) is 30.3 Å². The van der Waals surface area contributed by atoms with E-state index in [1.165, 1.54) is 11.8 Å². The third kappa shape index (κ3) is 4.58. The Morgan fingerprint density at radius 2 is 1.82 bits per heavy atom. The van der Waals surface area contributed by atoms with Crippen molar-refractivity contribution in [3.8, 4) is 11.3 Å². The number of benzene rings is 2. The van der Waals surface area contributed by atoms with Crippen LogP contribution in [0.25, 0.3) is 11.3 Å². The average molecular weight is 483 g/mol. The van der Waals surface area contributed by atoms with Gasteiger partial charge in [0.1, 0.15) is 0 Å². The van der Waals surface area contributed by atoms with Gasteiger partial charge in [0, 0.05) is 25.3 Å². The van der Waals surface area contributed by atoms with Gasteiger partial charge in [-0.05, 0) is 48.6 Å². The fraction of sp³-hybridized carbons (Fsp3) is 0.333. The number of nitrogens with one attached hydrogen (secondary N) is 1. The van der Waals surface area contributed by atoms with Gasteiger partial charge in [0.05, 0.1) is 22.5 Å². The third-order valence-electron chi connectivity index (χ3n) is 6.17. The Kier molecular flexibility index (Phi) is 6.27. The van der Waals surface area contributed by atoms with Crippen LogP contribution in [0.4, 0.5) is 5.69 Å². The molecule has 172 valence electrons. The van der Waals surface area contributed by atoms with E-state index >= 15 is 0 Å². The summed E-state index contributed by atoms with van der Waals surface area (Å²) in [6.45, 7) is 1.73. The SMILES string of the molecule is O=C(CSc1ncc(-c2ccccc2)[nH]1)N1CCc2cc(S(=O)(=O)N3CCCCC3)ccc21. The Morgan fingerprint density at radius 1 is 1.03 bits per heavy atom. The molecule has 0 atom stereocenters. The van der Waals surface area contributed by atoms with Crippen LogP contribution in [-0.2, 0) is 21.2 Å². The van der Waals surface area contributed by atoms with Crippen LogP contribution in [0.5, 0.6) is 0 Å². The molecule has 0 spiro atoms. The van der Waals surface area contributed by atoms with Crippen molar-refractivity contribution < 1.29 is 13.2 Å². The number of imidazole rings is 1. The fourth-order valence-corrected chi connectivity index (χ4v) is 6.69. The molecule has 1 saturated heterocycles. The minimum Gasteiger partial charge on any atom is -0.333 e. The quantitative estimate of drug-likeness (QED) is 0.538. The number of aromatic nitrogens is 2. The summed E-state index contributed by atoms with van der Waals surface area (Å²) in [5, 5.41) is 0.699. The molecule has 0 bridgehead atoms. The van der Waals surface area contributed by atoms with Crippen molar-refractivity contribution in [3.63, 3.8) is 0 Å². The van der Waals surface area contributed by atoms with Gasteiger partial charge < -0.3 is 9.88 Å². The Balaban J connectivity index is 1.25. The summed E-state index contributed by atoms with van der Waals surface area (Å²) in [5.41, 5.74) is 3.69. The number of fused-ring (bicyclic) bond motifs is 1. The van der Waals surface area contributed by atoms with E-state index in [0.717, 1.165) is 41.8 Å². The van der Waals surface area contributed by atoms with Gasteiger partial charge in [-0.25, -0.2) is 13.4 Å². The molecule has 2 aromatic carbocycles. The number of aromatic amines is 1. The lowest BCUT2D eigenvalue weighted by Crippen LogP contribution is -2.35. The van der Waals surface area contributed by atoms with E-state index in [9.17, 15) is 13.2 Å². The number of hydrogen-bond acceptors (Lipinski definition) is 5. The van der Waals surface area contributed by atoms with Crippen LogP contribution >= 0.6 is 11.8 Å². The summed E-state index contributed by atoms with van der Waals surface area (Å²) < 4.78 is 27.6.